The van der Waals surface area contributed by atoms with Crippen molar-refractivity contribution >= 4 is 56.6 Å². The predicted molar refractivity (Wildman–Crippen MR) is 73.2 cm³/mol. The quantitative estimate of drug-likeness (QED) is 0.608. The van der Waals surface area contributed by atoms with Crippen LogP contribution in [0.2, 0.25) is 10.0 Å². The Morgan fingerprint density at radius 2 is 1.72 bits per heavy atom. The molecule has 3 rings (SSSR count). The minimum Gasteiger partial charge on any atom is -0.274 e. The molecular weight excluding hydrogens is 341 g/mol. The smallest absolute Gasteiger partial charge is 0.238 e. The van der Waals surface area contributed by atoms with Gasteiger partial charge in [0.15, 0.2) is 0 Å². The molecule has 0 bridgehead atoms. The summed E-state index contributed by atoms with van der Waals surface area (Å²) in [6.07, 6.45) is 0. The molecule has 0 spiro atoms. The number of alkyl halides is 1. The maximum Gasteiger partial charge on any atom is 0.238 e. The van der Waals surface area contributed by atoms with E-state index in [1.807, 2.05) is 0 Å². The largest absolute Gasteiger partial charge is 0.274 e. The Kier molecular flexibility index (Phi) is 2.92. The van der Waals surface area contributed by atoms with Crippen molar-refractivity contribution in [2.24, 2.45) is 17.8 Å². The molecule has 1 aliphatic carbocycles. The first-order valence-corrected chi connectivity index (χ1v) is 7.33. The molecule has 1 aromatic rings. The molecule has 1 aliphatic heterocycles. The molecule has 1 saturated heterocycles. The number of carbonyl (C=O) groups is 2. The monoisotopic (exact) mass is 347 g/mol. The van der Waals surface area contributed by atoms with Gasteiger partial charge >= 0.3 is 0 Å². The van der Waals surface area contributed by atoms with Gasteiger partial charge in [-0.2, -0.15) is 0 Å². The van der Waals surface area contributed by atoms with Gasteiger partial charge in [0, 0.05) is 5.33 Å². The molecule has 94 valence electrons. The number of piperidine rings is 1. The van der Waals surface area contributed by atoms with E-state index in [2.05, 4.69) is 15.9 Å². The summed E-state index contributed by atoms with van der Waals surface area (Å²) in [6.45, 7) is 0. The summed E-state index contributed by atoms with van der Waals surface area (Å²) in [5.74, 6) is -0.428. The molecule has 1 saturated carbocycles. The number of benzene rings is 1. The van der Waals surface area contributed by atoms with Crippen LogP contribution in [0.1, 0.15) is 0 Å². The highest BCUT2D eigenvalue weighted by molar-refractivity contribution is 9.09. The van der Waals surface area contributed by atoms with Gasteiger partial charge < -0.3 is 0 Å². The van der Waals surface area contributed by atoms with Gasteiger partial charge in [0.05, 0.1) is 27.6 Å². The Morgan fingerprint density at radius 1 is 1.11 bits per heavy atom. The van der Waals surface area contributed by atoms with E-state index in [4.69, 9.17) is 23.2 Å². The van der Waals surface area contributed by atoms with Crippen molar-refractivity contribution in [3.63, 3.8) is 0 Å². The van der Waals surface area contributed by atoms with Crippen molar-refractivity contribution in [2.45, 2.75) is 0 Å². The maximum atomic E-state index is 12.1. The van der Waals surface area contributed by atoms with Crippen LogP contribution in [0.25, 0.3) is 0 Å². The van der Waals surface area contributed by atoms with E-state index < -0.39 is 0 Å². The van der Waals surface area contributed by atoms with Crippen molar-refractivity contribution in [3.8, 4) is 0 Å². The van der Waals surface area contributed by atoms with Crippen LogP contribution in [0.5, 0.6) is 0 Å². The summed E-state index contributed by atoms with van der Waals surface area (Å²) in [7, 11) is 0. The van der Waals surface area contributed by atoms with Crippen LogP contribution in [0.15, 0.2) is 18.2 Å². The third-order valence-electron chi connectivity index (χ3n) is 3.52. The third-order valence-corrected chi connectivity index (χ3v) is 5.01. The van der Waals surface area contributed by atoms with Gasteiger partial charge in [-0.15, -0.1) is 0 Å². The molecule has 2 fully saturated rings. The number of anilines is 1. The maximum absolute atomic E-state index is 12.1. The highest BCUT2D eigenvalue weighted by atomic mass is 79.9. The fourth-order valence-corrected chi connectivity index (χ4v) is 3.62. The van der Waals surface area contributed by atoms with E-state index in [1.54, 1.807) is 18.2 Å². The van der Waals surface area contributed by atoms with Crippen LogP contribution >= 0.6 is 39.1 Å². The molecule has 2 amide bonds. The first-order valence-electron chi connectivity index (χ1n) is 5.45. The number of rotatable bonds is 2. The van der Waals surface area contributed by atoms with Crippen LogP contribution in [-0.4, -0.2) is 17.1 Å². The number of fused-ring (bicyclic) bond motifs is 1. The summed E-state index contributed by atoms with van der Waals surface area (Å²) in [6, 6.07) is 4.77. The summed E-state index contributed by atoms with van der Waals surface area (Å²) in [4.78, 5) is 25.5. The molecule has 2 aliphatic rings. The zero-order chi connectivity index (χ0) is 13.0. The lowest BCUT2D eigenvalue weighted by Crippen LogP contribution is -2.34. The fourth-order valence-electron chi connectivity index (χ4n) is 2.52. The van der Waals surface area contributed by atoms with Crippen LogP contribution in [0.3, 0.4) is 0 Å². The van der Waals surface area contributed by atoms with Crippen molar-refractivity contribution < 1.29 is 9.59 Å². The Bertz CT molecular complexity index is 541. The molecule has 0 radical (unpaired) electrons. The van der Waals surface area contributed by atoms with Crippen molar-refractivity contribution in [1.82, 2.24) is 0 Å². The number of imide groups is 1. The van der Waals surface area contributed by atoms with Crippen molar-refractivity contribution in [1.29, 1.82) is 0 Å². The summed E-state index contributed by atoms with van der Waals surface area (Å²) in [5, 5.41) is 1.44. The average molecular weight is 349 g/mol. The van der Waals surface area contributed by atoms with Crippen LogP contribution < -0.4 is 4.90 Å². The number of halogens is 3. The molecule has 2 atom stereocenters. The third kappa shape index (κ3) is 1.63. The van der Waals surface area contributed by atoms with Crippen molar-refractivity contribution in [3.05, 3.63) is 28.2 Å². The molecule has 6 heteroatoms. The van der Waals surface area contributed by atoms with Gasteiger partial charge in [-0.1, -0.05) is 39.1 Å². The first kappa shape index (κ1) is 12.5. The van der Waals surface area contributed by atoms with E-state index in [0.29, 0.717) is 21.1 Å². The number of hydrogen-bond donors (Lipinski definition) is 0. The Morgan fingerprint density at radius 3 is 2.22 bits per heavy atom. The molecule has 3 nitrogen and oxygen atoms in total. The second kappa shape index (κ2) is 4.22. The van der Waals surface area contributed by atoms with Crippen LogP contribution in [-0.2, 0) is 9.59 Å². The predicted octanol–water partition coefficient (Wildman–Crippen LogP) is 3.12. The lowest BCUT2D eigenvalue weighted by atomic mass is 10.2. The number of nitrogens with zero attached hydrogens (tertiary/aromatic N) is 1. The Hall–Kier alpha value is -0.580. The van der Waals surface area contributed by atoms with E-state index >= 15 is 0 Å². The van der Waals surface area contributed by atoms with Gasteiger partial charge in [0.25, 0.3) is 0 Å². The normalized spacial score (nSPS) is 29.7. The molecule has 2 unspecified atom stereocenters. The van der Waals surface area contributed by atoms with Gasteiger partial charge in [0.1, 0.15) is 0 Å². The zero-order valence-corrected chi connectivity index (χ0v) is 12.2. The number of amides is 2. The van der Waals surface area contributed by atoms with E-state index in [0.717, 1.165) is 0 Å². The van der Waals surface area contributed by atoms with Gasteiger partial charge in [-0.25, -0.2) is 4.90 Å². The average Bonchev–Trinajstić information content (AvgIpc) is 3.01. The Labute approximate surface area is 122 Å². The SMILES string of the molecule is O=C1C2C(CBr)C2C(=O)N1c1ccc(Cl)c(Cl)c1. The second-order valence-electron chi connectivity index (χ2n) is 4.48. The van der Waals surface area contributed by atoms with E-state index in [1.165, 1.54) is 4.90 Å². The van der Waals surface area contributed by atoms with E-state index in [9.17, 15) is 9.59 Å². The van der Waals surface area contributed by atoms with E-state index in [-0.39, 0.29) is 29.6 Å². The minimum atomic E-state index is -0.161. The number of carbonyl (C=O) groups excluding carboxylic acids is 2. The topological polar surface area (TPSA) is 37.4 Å². The van der Waals surface area contributed by atoms with Crippen LogP contribution in [0.4, 0.5) is 5.69 Å². The summed E-state index contributed by atoms with van der Waals surface area (Å²) in [5.41, 5.74) is 0.500. The molecule has 0 aromatic heterocycles. The molecule has 18 heavy (non-hydrogen) atoms. The molecule has 1 heterocycles. The number of hydrogen-bond acceptors (Lipinski definition) is 2. The molecular formula is C12H8BrCl2NO2. The molecule has 1 aromatic carbocycles. The molecule has 0 N–H and O–H groups in total. The second-order valence-corrected chi connectivity index (χ2v) is 5.94. The van der Waals surface area contributed by atoms with Crippen molar-refractivity contribution in [2.75, 3.05) is 10.2 Å². The zero-order valence-electron chi connectivity index (χ0n) is 9.07. The minimum absolute atomic E-state index is 0.132. The van der Waals surface area contributed by atoms with Gasteiger partial charge in [0.2, 0.25) is 11.8 Å². The highest BCUT2D eigenvalue weighted by Crippen LogP contribution is 2.55. The van der Waals surface area contributed by atoms with Crippen LogP contribution in [0, 0.1) is 17.8 Å². The standard InChI is InChI=1S/C12H8BrCl2NO2/c13-4-6-9-10(6)12(18)16(11(9)17)5-1-2-7(14)8(15)3-5/h1-3,6,9-10H,4H2. The highest BCUT2D eigenvalue weighted by Gasteiger charge is 2.66. The lowest BCUT2D eigenvalue weighted by Gasteiger charge is -2.18. The van der Waals surface area contributed by atoms with Gasteiger partial charge in [-0.05, 0) is 24.1 Å². The summed E-state index contributed by atoms with van der Waals surface area (Å²) >= 11 is 15.0. The first-order chi connectivity index (χ1) is 8.56. The lowest BCUT2D eigenvalue weighted by molar-refractivity contribution is -0.124. The Balaban J connectivity index is 1.93. The van der Waals surface area contributed by atoms with Gasteiger partial charge in [-0.3, -0.25) is 9.59 Å². The fraction of sp³-hybridized carbons (Fsp3) is 0.333. The summed E-state index contributed by atoms with van der Waals surface area (Å²) < 4.78 is 0.